The second kappa shape index (κ2) is 6.42. The summed E-state index contributed by atoms with van der Waals surface area (Å²) in [5, 5.41) is 0. The lowest BCUT2D eigenvalue weighted by Gasteiger charge is -2.27. The SMILES string of the molecule is CCC(C)CN(CC)c1cc(F)c(I)cc1N. The fourth-order valence-corrected chi connectivity index (χ4v) is 2.22. The Bertz CT molecular complexity index is 382. The Labute approximate surface area is 117 Å². The molecule has 2 nitrogen and oxygen atoms in total. The Hall–Kier alpha value is -0.520. The first-order valence-electron chi connectivity index (χ1n) is 5.99. The Kier molecular flexibility index (Phi) is 5.49. The quantitative estimate of drug-likeness (QED) is 0.645. The smallest absolute Gasteiger partial charge is 0.138 e. The number of nitrogens with two attached hydrogens (primary N) is 1. The van der Waals surface area contributed by atoms with Gasteiger partial charge in [-0.3, -0.25) is 0 Å². The first kappa shape index (κ1) is 14.5. The zero-order valence-electron chi connectivity index (χ0n) is 10.6. The van der Waals surface area contributed by atoms with E-state index >= 15 is 0 Å². The molecule has 0 aliphatic rings. The molecule has 0 bridgehead atoms. The molecule has 0 aliphatic carbocycles. The van der Waals surface area contributed by atoms with E-state index in [-0.39, 0.29) is 5.82 Å². The first-order chi connectivity index (χ1) is 7.99. The summed E-state index contributed by atoms with van der Waals surface area (Å²) in [6.45, 7) is 8.18. The molecule has 1 unspecified atom stereocenters. The molecule has 0 aromatic heterocycles. The number of rotatable bonds is 5. The van der Waals surface area contributed by atoms with Crippen LogP contribution in [0, 0.1) is 15.3 Å². The van der Waals surface area contributed by atoms with Gasteiger partial charge in [-0.05, 0) is 41.5 Å². The lowest BCUT2D eigenvalue weighted by atomic mass is 10.1. The molecule has 1 rings (SSSR count). The van der Waals surface area contributed by atoms with Crippen LogP contribution >= 0.6 is 22.6 Å². The topological polar surface area (TPSA) is 29.3 Å². The van der Waals surface area contributed by atoms with Crippen LogP contribution in [0.3, 0.4) is 0 Å². The Morgan fingerprint density at radius 3 is 2.59 bits per heavy atom. The maximum Gasteiger partial charge on any atom is 0.138 e. The van der Waals surface area contributed by atoms with E-state index in [9.17, 15) is 4.39 Å². The van der Waals surface area contributed by atoms with Crippen molar-refractivity contribution in [3.8, 4) is 0 Å². The van der Waals surface area contributed by atoms with Gasteiger partial charge in [-0.15, -0.1) is 0 Å². The van der Waals surface area contributed by atoms with E-state index in [0.29, 0.717) is 15.2 Å². The average molecular weight is 350 g/mol. The number of nitrogen functional groups attached to an aromatic ring is 1. The minimum Gasteiger partial charge on any atom is -0.397 e. The van der Waals surface area contributed by atoms with Crippen LogP contribution < -0.4 is 10.6 Å². The van der Waals surface area contributed by atoms with Gasteiger partial charge < -0.3 is 10.6 Å². The van der Waals surface area contributed by atoms with E-state index in [2.05, 4.69) is 25.7 Å². The Morgan fingerprint density at radius 1 is 1.41 bits per heavy atom. The molecule has 0 radical (unpaired) electrons. The van der Waals surface area contributed by atoms with Gasteiger partial charge >= 0.3 is 0 Å². The minimum atomic E-state index is -0.197. The van der Waals surface area contributed by atoms with Gasteiger partial charge in [-0.25, -0.2) is 4.39 Å². The summed E-state index contributed by atoms with van der Waals surface area (Å²) < 4.78 is 14.2. The second-order valence-corrected chi connectivity index (χ2v) is 5.54. The molecule has 0 saturated carbocycles. The third-order valence-corrected chi connectivity index (χ3v) is 3.85. The first-order valence-corrected chi connectivity index (χ1v) is 7.06. The Balaban J connectivity index is 2.99. The predicted octanol–water partition coefficient (Wildman–Crippen LogP) is 3.88. The summed E-state index contributed by atoms with van der Waals surface area (Å²) in [5.74, 6) is 0.383. The lowest BCUT2D eigenvalue weighted by Crippen LogP contribution is -2.29. The van der Waals surface area contributed by atoms with Crippen LogP contribution in [0.15, 0.2) is 12.1 Å². The van der Waals surface area contributed by atoms with E-state index in [1.165, 1.54) is 0 Å². The van der Waals surface area contributed by atoms with Gasteiger partial charge in [0.25, 0.3) is 0 Å². The molecular formula is C13H20FIN2. The molecule has 1 aromatic rings. The van der Waals surface area contributed by atoms with Gasteiger partial charge in [0.1, 0.15) is 5.82 Å². The third-order valence-electron chi connectivity index (χ3n) is 3.02. The number of hydrogen-bond acceptors (Lipinski definition) is 2. The third kappa shape index (κ3) is 3.72. The molecule has 1 atom stereocenters. The van der Waals surface area contributed by atoms with Crippen LogP contribution in [-0.4, -0.2) is 13.1 Å². The van der Waals surface area contributed by atoms with Crippen molar-refractivity contribution >= 4 is 34.0 Å². The van der Waals surface area contributed by atoms with Gasteiger partial charge in [0.05, 0.1) is 14.9 Å². The van der Waals surface area contributed by atoms with Crippen molar-refractivity contribution in [2.24, 2.45) is 5.92 Å². The number of benzene rings is 1. The summed E-state index contributed by atoms with van der Waals surface area (Å²) in [4.78, 5) is 2.14. The van der Waals surface area contributed by atoms with Crippen molar-refractivity contribution in [2.75, 3.05) is 23.7 Å². The summed E-state index contributed by atoms with van der Waals surface area (Å²) >= 11 is 1.96. The summed E-state index contributed by atoms with van der Waals surface area (Å²) in [5.41, 5.74) is 7.44. The summed E-state index contributed by atoms with van der Waals surface area (Å²) in [6.07, 6.45) is 1.11. The summed E-state index contributed by atoms with van der Waals surface area (Å²) in [7, 11) is 0. The van der Waals surface area contributed by atoms with Crippen molar-refractivity contribution in [2.45, 2.75) is 27.2 Å². The van der Waals surface area contributed by atoms with E-state index < -0.39 is 0 Å². The minimum absolute atomic E-state index is 0.197. The average Bonchev–Trinajstić information content (AvgIpc) is 2.30. The molecule has 0 amide bonds. The van der Waals surface area contributed by atoms with E-state index in [1.807, 2.05) is 22.6 Å². The molecule has 0 saturated heterocycles. The highest BCUT2D eigenvalue weighted by molar-refractivity contribution is 14.1. The van der Waals surface area contributed by atoms with Crippen LogP contribution in [0.2, 0.25) is 0 Å². The second-order valence-electron chi connectivity index (χ2n) is 4.38. The van der Waals surface area contributed by atoms with E-state index in [0.717, 1.165) is 25.2 Å². The van der Waals surface area contributed by atoms with Crippen molar-refractivity contribution in [3.05, 3.63) is 21.5 Å². The molecule has 17 heavy (non-hydrogen) atoms. The summed E-state index contributed by atoms with van der Waals surface area (Å²) in [6, 6.07) is 3.24. The molecular weight excluding hydrogens is 330 g/mol. The standard InChI is InChI=1S/C13H20FIN2/c1-4-9(3)8-17(5-2)13-6-10(14)11(15)7-12(13)16/h6-7,9H,4-5,8,16H2,1-3H3. The number of anilines is 2. The number of nitrogens with zero attached hydrogens (tertiary/aromatic N) is 1. The van der Waals surface area contributed by atoms with Crippen LogP contribution in [0.25, 0.3) is 0 Å². The predicted molar refractivity (Wildman–Crippen MR) is 80.9 cm³/mol. The van der Waals surface area contributed by atoms with E-state index in [1.54, 1.807) is 12.1 Å². The van der Waals surface area contributed by atoms with Crippen LogP contribution in [-0.2, 0) is 0 Å². The fraction of sp³-hybridized carbons (Fsp3) is 0.538. The normalized spacial score (nSPS) is 12.5. The highest BCUT2D eigenvalue weighted by Gasteiger charge is 2.13. The van der Waals surface area contributed by atoms with Gasteiger partial charge in [0, 0.05) is 19.2 Å². The maximum absolute atomic E-state index is 13.6. The zero-order chi connectivity index (χ0) is 13.0. The van der Waals surface area contributed by atoms with Gasteiger partial charge in [-0.1, -0.05) is 20.3 Å². The van der Waals surface area contributed by atoms with Crippen molar-refractivity contribution in [1.82, 2.24) is 0 Å². The van der Waals surface area contributed by atoms with Crippen LogP contribution in [0.5, 0.6) is 0 Å². The fourth-order valence-electron chi connectivity index (χ4n) is 1.73. The van der Waals surface area contributed by atoms with Crippen molar-refractivity contribution in [1.29, 1.82) is 0 Å². The van der Waals surface area contributed by atoms with Gasteiger partial charge in [-0.2, -0.15) is 0 Å². The molecule has 1 aromatic carbocycles. The lowest BCUT2D eigenvalue weighted by molar-refractivity contribution is 0.547. The van der Waals surface area contributed by atoms with Crippen LogP contribution in [0.1, 0.15) is 27.2 Å². The molecule has 0 spiro atoms. The van der Waals surface area contributed by atoms with Gasteiger partial charge in [0.15, 0.2) is 0 Å². The molecule has 0 aliphatic heterocycles. The van der Waals surface area contributed by atoms with E-state index in [4.69, 9.17) is 5.73 Å². The number of hydrogen-bond donors (Lipinski definition) is 1. The molecule has 2 N–H and O–H groups in total. The zero-order valence-corrected chi connectivity index (χ0v) is 12.8. The molecule has 96 valence electrons. The maximum atomic E-state index is 13.6. The highest BCUT2D eigenvalue weighted by atomic mass is 127. The monoisotopic (exact) mass is 350 g/mol. The highest BCUT2D eigenvalue weighted by Crippen LogP contribution is 2.28. The number of halogens is 2. The van der Waals surface area contributed by atoms with Crippen molar-refractivity contribution in [3.63, 3.8) is 0 Å². The Morgan fingerprint density at radius 2 is 2.06 bits per heavy atom. The van der Waals surface area contributed by atoms with Gasteiger partial charge in [0.2, 0.25) is 0 Å². The molecule has 4 heteroatoms. The van der Waals surface area contributed by atoms with Crippen molar-refractivity contribution < 1.29 is 4.39 Å². The van der Waals surface area contributed by atoms with Crippen LogP contribution in [0.4, 0.5) is 15.8 Å². The molecule has 0 heterocycles. The molecule has 0 fully saturated rings. The largest absolute Gasteiger partial charge is 0.397 e.